The molecule has 1 amide bonds. The second kappa shape index (κ2) is 10.9. The first kappa shape index (κ1) is 23.3. The van der Waals surface area contributed by atoms with E-state index in [1.54, 1.807) is 0 Å². The molecule has 33 heavy (non-hydrogen) atoms. The number of nitrogens with one attached hydrogen (secondary N) is 1. The Morgan fingerprint density at radius 1 is 1.00 bits per heavy atom. The van der Waals surface area contributed by atoms with Gasteiger partial charge in [-0.1, -0.05) is 30.3 Å². The number of carbonyl (C=O) groups is 1. The predicted octanol–water partition coefficient (Wildman–Crippen LogP) is 3.74. The predicted molar refractivity (Wildman–Crippen MR) is 134 cm³/mol. The van der Waals surface area contributed by atoms with Crippen molar-refractivity contribution in [1.29, 1.82) is 0 Å². The van der Waals surface area contributed by atoms with Crippen molar-refractivity contribution < 1.29 is 4.79 Å². The van der Waals surface area contributed by atoms with Gasteiger partial charge in [0.15, 0.2) is 0 Å². The van der Waals surface area contributed by atoms with E-state index in [1.165, 1.54) is 50.9 Å². The molecule has 0 spiro atoms. The van der Waals surface area contributed by atoms with Gasteiger partial charge in [-0.15, -0.1) is 0 Å². The average Bonchev–Trinajstić information content (AvgIpc) is 2.83. The van der Waals surface area contributed by atoms with Crippen LogP contribution >= 0.6 is 0 Å². The smallest absolute Gasteiger partial charge is 0.220 e. The fraction of sp³-hybridized carbons (Fsp3) is 0.750. The van der Waals surface area contributed by atoms with Gasteiger partial charge < -0.3 is 10.2 Å². The molecule has 0 aliphatic carbocycles. The lowest BCUT2D eigenvalue weighted by molar-refractivity contribution is -0.122. The fourth-order valence-corrected chi connectivity index (χ4v) is 7.40. The molecule has 0 radical (unpaired) electrons. The van der Waals surface area contributed by atoms with E-state index in [0.29, 0.717) is 18.5 Å². The van der Waals surface area contributed by atoms with Crippen molar-refractivity contribution in [2.75, 3.05) is 39.8 Å². The summed E-state index contributed by atoms with van der Waals surface area (Å²) in [6, 6.07) is 12.8. The first-order valence-corrected chi connectivity index (χ1v) is 13.7. The third-order valence-corrected chi connectivity index (χ3v) is 8.99. The first-order valence-electron chi connectivity index (χ1n) is 13.7. The summed E-state index contributed by atoms with van der Waals surface area (Å²) in [4.78, 5) is 20.7. The monoisotopic (exact) mass is 452 g/mol. The highest BCUT2D eigenvalue weighted by atomic mass is 16.1. The van der Waals surface area contributed by atoms with E-state index in [9.17, 15) is 4.79 Å². The second-order valence-electron chi connectivity index (χ2n) is 11.3. The van der Waals surface area contributed by atoms with Crippen molar-refractivity contribution in [3.8, 4) is 0 Å². The van der Waals surface area contributed by atoms with Gasteiger partial charge in [-0.2, -0.15) is 0 Å². The molecule has 0 saturated carbocycles. The molecule has 4 atom stereocenters. The van der Waals surface area contributed by atoms with Crippen LogP contribution < -0.4 is 5.32 Å². The Morgan fingerprint density at radius 2 is 1.76 bits per heavy atom. The number of carbonyl (C=O) groups excluding carboxylic acids is 1. The summed E-state index contributed by atoms with van der Waals surface area (Å²) in [6.07, 6.45) is 10.5. The molecule has 1 aromatic carbocycles. The molecule has 5 nitrogen and oxygen atoms in total. The highest BCUT2D eigenvalue weighted by Crippen LogP contribution is 2.43. The second-order valence-corrected chi connectivity index (χ2v) is 11.3. The first-order chi connectivity index (χ1) is 16.2. The molecule has 5 heteroatoms. The molecule has 182 valence electrons. The summed E-state index contributed by atoms with van der Waals surface area (Å²) < 4.78 is 0. The van der Waals surface area contributed by atoms with E-state index in [-0.39, 0.29) is 5.91 Å². The summed E-state index contributed by atoms with van der Waals surface area (Å²) in [5.41, 5.74) is 1.43. The van der Waals surface area contributed by atoms with Crippen LogP contribution in [-0.2, 0) is 11.3 Å². The molecule has 0 unspecified atom stereocenters. The van der Waals surface area contributed by atoms with E-state index in [2.05, 4.69) is 57.4 Å². The van der Waals surface area contributed by atoms with Crippen molar-refractivity contribution in [2.45, 2.75) is 82.5 Å². The van der Waals surface area contributed by atoms with Gasteiger partial charge in [0.1, 0.15) is 0 Å². The minimum atomic E-state index is 0.274. The number of benzene rings is 1. The van der Waals surface area contributed by atoms with Gasteiger partial charge in [-0.05, 0) is 102 Å². The average molecular weight is 453 g/mol. The van der Waals surface area contributed by atoms with Crippen LogP contribution in [0.3, 0.4) is 0 Å². The van der Waals surface area contributed by atoms with E-state index in [4.69, 9.17) is 0 Å². The highest BCUT2D eigenvalue weighted by molar-refractivity contribution is 5.76. The summed E-state index contributed by atoms with van der Waals surface area (Å²) in [5.74, 6) is 1.88. The van der Waals surface area contributed by atoms with Crippen LogP contribution in [-0.4, -0.2) is 78.5 Å². The van der Waals surface area contributed by atoms with Crippen LogP contribution in [0.25, 0.3) is 0 Å². The zero-order valence-electron chi connectivity index (χ0n) is 20.6. The third kappa shape index (κ3) is 5.63. The third-order valence-electron chi connectivity index (χ3n) is 8.99. The zero-order chi connectivity index (χ0) is 22.6. The van der Waals surface area contributed by atoms with Crippen LogP contribution in [0.2, 0.25) is 0 Å². The Kier molecular flexibility index (Phi) is 7.69. The maximum atomic E-state index is 12.7. The van der Waals surface area contributed by atoms with Crippen molar-refractivity contribution in [3.63, 3.8) is 0 Å². The number of hydrogen-bond acceptors (Lipinski definition) is 4. The zero-order valence-corrected chi connectivity index (χ0v) is 20.6. The Hall–Kier alpha value is -1.43. The number of nitrogens with zero attached hydrogens (tertiary/aromatic N) is 3. The van der Waals surface area contributed by atoms with E-state index < -0.39 is 0 Å². The maximum absolute atomic E-state index is 12.7. The SMILES string of the molecule is CN1CCC(NC(=O)CCC[C@@H]2[C@H]3CCCN4CCC[C@@H](CN2Cc2ccccc2)[C@@H]34)CC1. The maximum Gasteiger partial charge on any atom is 0.220 e. The lowest BCUT2D eigenvalue weighted by atomic mass is 9.69. The van der Waals surface area contributed by atoms with Crippen LogP contribution in [0, 0.1) is 11.8 Å². The van der Waals surface area contributed by atoms with Gasteiger partial charge in [0.2, 0.25) is 5.91 Å². The number of rotatable bonds is 7. The summed E-state index contributed by atoms with van der Waals surface area (Å²) in [7, 11) is 2.17. The van der Waals surface area contributed by atoms with Gasteiger partial charge in [0, 0.05) is 37.6 Å². The quantitative estimate of drug-likeness (QED) is 0.684. The Balaban J connectivity index is 1.22. The number of amides is 1. The highest BCUT2D eigenvalue weighted by Gasteiger charge is 2.48. The van der Waals surface area contributed by atoms with Gasteiger partial charge in [-0.3, -0.25) is 14.6 Å². The molecule has 4 saturated heterocycles. The van der Waals surface area contributed by atoms with Gasteiger partial charge >= 0.3 is 0 Å². The van der Waals surface area contributed by atoms with Crippen LogP contribution in [0.15, 0.2) is 30.3 Å². The number of likely N-dealkylation sites (tertiary alicyclic amines) is 2. The van der Waals surface area contributed by atoms with Crippen LogP contribution in [0.1, 0.15) is 63.4 Å². The number of hydrogen-bond donors (Lipinski definition) is 1. The van der Waals surface area contributed by atoms with E-state index >= 15 is 0 Å². The summed E-state index contributed by atoms with van der Waals surface area (Å²) in [5, 5.41) is 3.33. The van der Waals surface area contributed by atoms with E-state index in [0.717, 1.165) is 63.2 Å². The number of piperidine rings is 4. The molecular formula is C28H44N4O. The summed E-state index contributed by atoms with van der Waals surface area (Å²) >= 11 is 0. The molecule has 4 aliphatic heterocycles. The van der Waals surface area contributed by atoms with Crippen LogP contribution in [0.5, 0.6) is 0 Å². The largest absolute Gasteiger partial charge is 0.353 e. The Labute approximate surface area is 200 Å². The topological polar surface area (TPSA) is 38.8 Å². The lowest BCUT2D eigenvalue weighted by Gasteiger charge is -2.57. The van der Waals surface area contributed by atoms with Gasteiger partial charge in [0.05, 0.1) is 0 Å². The lowest BCUT2D eigenvalue weighted by Crippen LogP contribution is -2.64. The Bertz CT molecular complexity index is 760. The van der Waals surface area contributed by atoms with Crippen LogP contribution in [0.4, 0.5) is 0 Å². The molecule has 4 fully saturated rings. The standard InChI is InChI=1S/C28H44N4O/c1-30-18-14-24(15-19-30)29-27(33)13-5-12-26-25-11-7-17-31-16-6-10-23(28(25)31)21-32(26)20-22-8-3-2-4-9-22/h2-4,8-9,23-26,28H,5-7,10-21H2,1H3,(H,29,33)/t23-,25+,26+,28-/m0/s1. The molecule has 4 aliphatic rings. The van der Waals surface area contributed by atoms with Gasteiger partial charge in [-0.25, -0.2) is 0 Å². The molecule has 0 aromatic heterocycles. The van der Waals surface area contributed by atoms with Crippen molar-refractivity contribution in [2.24, 2.45) is 11.8 Å². The van der Waals surface area contributed by atoms with Gasteiger partial charge in [0.25, 0.3) is 0 Å². The minimum absolute atomic E-state index is 0.274. The molecule has 1 aromatic rings. The minimum Gasteiger partial charge on any atom is -0.353 e. The summed E-state index contributed by atoms with van der Waals surface area (Å²) in [6.45, 7) is 7.11. The van der Waals surface area contributed by atoms with E-state index in [1.807, 2.05) is 0 Å². The normalized spacial score (nSPS) is 31.8. The Morgan fingerprint density at radius 3 is 2.55 bits per heavy atom. The van der Waals surface area contributed by atoms with Crippen molar-refractivity contribution in [3.05, 3.63) is 35.9 Å². The fourth-order valence-electron chi connectivity index (χ4n) is 7.40. The molecule has 0 bridgehead atoms. The molecule has 1 N–H and O–H groups in total. The van der Waals surface area contributed by atoms with Crippen molar-refractivity contribution in [1.82, 2.24) is 20.0 Å². The molecule has 5 rings (SSSR count). The molecule has 4 heterocycles. The molecular weight excluding hydrogens is 408 g/mol. The van der Waals surface area contributed by atoms with Crippen molar-refractivity contribution >= 4 is 5.91 Å².